The summed E-state index contributed by atoms with van der Waals surface area (Å²) in [5.41, 5.74) is -0.577. The smallest absolute Gasteiger partial charge is 0.317 e. The number of nitrogens with one attached hydrogen (secondary N) is 2. The predicted octanol–water partition coefficient (Wildman–Crippen LogP) is 0.424. The van der Waals surface area contributed by atoms with Crippen molar-refractivity contribution in [3.05, 3.63) is 11.9 Å². The Morgan fingerprint density at radius 2 is 2.08 bits per heavy atom. The Balaban J connectivity index is 1.25. The molecule has 24 heavy (non-hydrogen) atoms. The van der Waals surface area contributed by atoms with Crippen molar-refractivity contribution >= 4 is 6.03 Å². The van der Waals surface area contributed by atoms with Crippen LogP contribution in [-0.2, 0) is 5.60 Å². The molecule has 0 aromatic carbocycles. The summed E-state index contributed by atoms with van der Waals surface area (Å²) < 4.78 is 0. The summed E-state index contributed by atoms with van der Waals surface area (Å²) in [6, 6.07) is 0.836. The highest BCUT2D eigenvalue weighted by Gasteiger charge is 2.43. The van der Waals surface area contributed by atoms with E-state index in [0.29, 0.717) is 24.7 Å². The number of likely N-dealkylation sites (tertiary alicyclic amines) is 2. The van der Waals surface area contributed by atoms with Crippen LogP contribution >= 0.6 is 0 Å². The van der Waals surface area contributed by atoms with Gasteiger partial charge in [-0.25, -0.2) is 4.79 Å². The van der Waals surface area contributed by atoms with Crippen LogP contribution in [0, 0.1) is 0 Å². The maximum absolute atomic E-state index is 12.4. The standard InChI is InChI=1S/C16H26N6O2/c23-15(18-12-8-13(9-12)21-5-2-1-3-6-21)22-7-4-16(24,11-22)14-10-17-20-19-14/h10,12-13,24H,1-9,11H2,(H,18,23)(H,17,19,20). The zero-order chi connectivity index (χ0) is 16.6. The minimum atomic E-state index is -1.08. The first kappa shape index (κ1) is 15.8. The number of aromatic nitrogens is 3. The van der Waals surface area contributed by atoms with Crippen LogP contribution in [0.1, 0.15) is 44.2 Å². The third-order valence-corrected chi connectivity index (χ3v) is 5.77. The van der Waals surface area contributed by atoms with Gasteiger partial charge >= 0.3 is 6.03 Å². The number of amides is 2. The van der Waals surface area contributed by atoms with Crippen molar-refractivity contribution in [2.24, 2.45) is 0 Å². The molecule has 0 bridgehead atoms. The second-order valence-electron chi connectivity index (χ2n) is 7.43. The molecule has 1 atom stereocenters. The number of hydrogen-bond acceptors (Lipinski definition) is 5. The van der Waals surface area contributed by atoms with Gasteiger partial charge in [0.05, 0.1) is 12.7 Å². The second kappa shape index (κ2) is 6.33. The number of hydrogen-bond donors (Lipinski definition) is 3. The van der Waals surface area contributed by atoms with Gasteiger partial charge in [0.25, 0.3) is 0 Å². The Bertz CT molecular complexity index is 567. The lowest BCUT2D eigenvalue weighted by molar-refractivity contribution is 0.0435. The number of H-pyrrole nitrogens is 1. The highest BCUT2D eigenvalue weighted by Crippen LogP contribution is 2.31. The molecule has 3 N–H and O–H groups in total. The van der Waals surface area contributed by atoms with E-state index >= 15 is 0 Å². The molecule has 1 unspecified atom stereocenters. The monoisotopic (exact) mass is 334 g/mol. The van der Waals surface area contributed by atoms with E-state index in [-0.39, 0.29) is 18.6 Å². The maximum Gasteiger partial charge on any atom is 0.317 e. The SMILES string of the molecule is O=C(NC1CC(N2CCCCC2)C1)N1CCC(O)(c2cn[nH]n2)C1. The Morgan fingerprint density at radius 1 is 1.29 bits per heavy atom. The molecule has 0 spiro atoms. The van der Waals surface area contributed by atoms with E-state index in [9.17, 15) is 9.90 Å². The molecular formula is C16H26N6O2. The summed E-state index contributed by atoms with van der Waals surface area (Å²) in [4.78, 5) is 16.7. The van der Waals surface area contributed by atoms with Gasteiger partial charge in [0, 0.05) is 25.0 Å². The van der Waals surface area contributed by atoms with Crippen LogP contribution in [0.3, 0.4) is 0 Å². The predicted molar refractivity (Wildman–Crippen MR) is 87.2 cm³/mol. The summed E-state index contributed by atoms with van der Waals surface area (Å²) in [6.07, 6.45) is 8.08. The molecule has 2 aliphatic heterocycles. The van der Waals surface area contributed by atoms with E-state index in [2.05, 4.69) is 25.6 Å². The number of aromatic amines is 1. The minimum Gasteiger partial charge on any atom is -0.381 e. The summed E-state index contributed by atoms with van der Waals surface area (Å²) >= 11 is 0. The van der Waals surface area contributed by atoms with Gasteiger partial charge in [-0.15, -0.1) is 0 Å². The van der Waals surface area contributed by atoms with Crippen LogP contribution in [0.2, 0.25) is 0 Å². The first-order chi connectivity index (χ1) is 11.6. The molecule has 4 rings (SSSR count). The maximum atomic E-state index is 12.4. The molecule has 3 heterocycles. The zero-order valence-electron chi connectivity index (χ0n) is 13.9. The second-order valence-corrected chi connectivity index (χ2v) is 7.43. The Labute approximate surface area is 141 Å². The molecule has 8 nitrogen and oxygen atoms in total. The number of nitrogens with zero attached hydrogens (tertiary/aromatic N) is 4. The van der Waals surface area contributed by atoms with E-state index in [1.54, 1.807) is 4.90 Å². The number of carbonyl (C=O) groups excluding carboxylic acids is 1. The number of aliphatic hydroxyl groups is 1. The van der Waals surface area contributed by atoms with Gasteiger partial charge in [0.1, 0.15) is 11.3 Å². The van der Waals surface area contributed by atoms with Crippen molar-refractivity contribution in [3.63, 3.8) is 0 Å². The molecule has 3 fully saturated rings. The molecule has 1 aliphatic carbocycles. The Kier molecular flexibility index (Phi) is 4.17. The van der Waals surface area contributed by atoms with Crippen LogP contribution in [-0.4, -0.2) is 74.6 Å². The van der Waals surface area contributed by atoms with Crippen LogP contribution in [0.15, 0.2) is 6.20 Å². The molecule has 132 valence electrons. The molecule has 3 aliphatic rings. The van der Waals surface area contributed by atoms with Gasteiger partial charge in [-0.1, -0.05) is 6.42 Å². The van der Waals surface area contributed by atoms with Crippen LogP contribution in [0.5, 0.6) is 0 Å². The normalized spacial score (nSPS) is 34.1. The van der Waals surface area contributed by atoms with Crippen molar-refractivity contribution in [2.45, 2.75) is 56.2 Å². The summed E-state index contributed by atoms with van der Waals surface area (Å²) in [7, 11) is 0. The van der Waals surface area contributed by atoms with Crippen molar-refractivity contribution in [1.29, 1.82) is 0 Å². The van der Waals surface area contributed by atoms with Gasteiger partial charge in [0.2, 0.25) is 0 Å². The fourth-order valence-corrected chi connectivity index (χ4v) is 4.16. The first-order valence-corrected chi connectivity index (χ1v) is 9.02. The zero-order valence-corrected chi connectivity index (χ0v) is 13.9. The lowest BCUT2D eigenvalue weighted by Crippen LogP contribution is -2.56. The largest absolute Gasteiger partial charge is 0.381 e. The first-order valence-electron chi connectivity index (χ1n) is 9.02. The van der Waals surface area contributed by atoms with E-state index in [1.165, 1.54) is 38.5 Å². The molecule has 8 heteroatoms. The average molecular weight is 334 g/mol. The summed E-state index contributed by atoms with van der Waals surface area (Å²) in [6.45, 7) is 3.23. The highest BCUT2D eigenvalue weighted by molar-refractivity contribution is 5.75. The van der Waals surface area contributed by atoms with Gasteiger partial charge in [0.15, 0.2) is 0 Å². The van der Waals surface area contributed by atoms with Crippen LogP contribution in [0.25, 0.3) is 0 Å². The van der Waals surface area contributed by atoms with E-state index in [0.717, 1.165) is 12.8 Å². The van der Waals surface area contributed by atoms with Crippen LogP contribution < -0.4 is 5.32 Å². The van der Waals surface area contributed by atoms with Gasteiger partial charge in [-0.3, -0.25) is 0 Å². The van der Waals surface area contributed by atoms with Crippen LogP contribution in [0.4, 0.5) is 4.79 Å². The van der Waals surface area contributed by atoms with E-state index < -0.39 is 5.60 Å². The van der Waals surface area contributed by atoms with E-state index in [4.69, 9.17) is 0 Å². The molecule has 0 radical (unpaired) electrons. The van der Waals surface area contributed by atoms with Gasteiger partial charge < -0.3 is 20.2 Å². The molecule has 1 aromatic rings. The number of urea groups is 1. The summed E-state index contributed by atoms with van der Waals surface area (Å²) in [5, 5.41) is 24.0. The summed E-state index contributed by atoms with van der Waals surface area (Å²) in [5.74, 6) is 0. The fraction of sp³-hybridized carbons (Fsp3) is 0.812. The molecule has 2 saturated heterocycles. The highest BCUT2D eigenvalue weighted by atomic mass is 16.3. The van der Waals surface area contributed by atoms with E-state index in [1.807, 2.05) is 0 Å². The molecule has 1 saturated carbocycles. The number of carbonyl (C=O) groups is 1. The Morgan fingerprint density at radius 3 is 2.79 bits per heavy atom. The van der Waals surface area contributed by atoms with Crippen molar-refractivity contribution in [3.8, 4) is 0 Å². The third kappa shape index (κ3) is 3.00. The lowest BCUT2D eigenvalue weighted by atomic mass is 9.84. The molecular weight excluding hydrogens is 308 g/mol. The molecule has 1 aromatic heterocycles. The van der Waals surface area contributed by atoms with Gasteiger partial charge in [-0.2, -0.15) is 15.4 Å². The van der Waals surface area contributed by atoms with Crippen molar-refractivity contribution < 1.29 is 9.90 Å². The molecule has 2 amide bonds. The van der Waals surface area contributed by atoms with Crippen molar-refractivity contribution in [2.75, 3.05) is 26.2 Å². The fourth-order valence-electron chi connectivity index (χ4n) is 4.16. The number of piperidine rings is 1. The third-order valence-electron chi connectivity index (χ3n) is 5.77. The van der Waals surface area contributed by atoms with Gasteiger partial charge in [-0.05, 0) is 38.8 Å². The minimum absolute atomic E-state index is 0.0727. The quantitative estimate of drug-likeness (QED) is 0.744. The lowest BCUT2D eigenvalue weighted by Gasteiger charge is -2.45. The Hall–Kier alpha value is -1.67. The average Bonchev–Trinajstić information content (AvgIpc) is 3.21. The number of β-amino-alcohol motifs (C(OH)–C–C–N with tert-alkyl or cyclic N) is 1. The topological polar surface area (TPSA) is 97.4 Å². The van der Waals surface area contributed by atoms with Crippen molar-refractivity contribution in [1.82, 2.24) is 30.5 Å². The number of rotatable bonds is 3.